The highest BCUT2D eigenvalue weighted by molar-refractivity contribution is 5.73. The second-order valence-electron chi connectivity index (χ2n) is 6.37. The van der Waals surface area contributed by atoms with Gasteiger partial charge in [0.05, 0.1) is 6.04 Å². The highest BCUT2D eigenvalue weighted by Crippen LogP contribution is 2.37. The van der Waals surface area contributed by atoms with E-state index in [0.29, 0.717) is 6.61 Å². The molecule has 0 bridgehead atoms. The highest BCUT2D eigenvalue weighted by atomic mass is 16.5. The van der Waals surface area contributed by atoms with Gasteiger partial charge < -0.3 is 14.7 Å². The molecule has 5 heteroatoms. The van der Waals surface area contributed by atoms with E-state index in [1.807, 2.05) is 24.8 Å². The second-order valence-corrected chi connectivity index (χ2v) is 6.37. The maximum atomic E-state index is 11.4. The van der Waals surface area contributed by atoms with Gasteiger partial charge in [0.2, 0.25) is 5.91 Å². The van der Waals surface area contributed by atoms with Crippen LogP contribution in [-0.2, 0) is 4.79 Å². The fourth-order valence-corrected chi connectivity index (χ4v) is 3.54. The third kappa shape index (κ3) is 2.71. The van der Waals surface area contributed by atoms with Crippen molar-refractivity contribution >= 4 is 5.91 Å². The summed E-state index contributed by atoms with van der Waals surface area (Å²) in [7, 11) is 0. The van der Waals surface area contributed by atoms with Gasteiger partial charge in [-0.2, -0.15) is 0 Å². The largest absolute Gasteiger partial charge is 0.491 e. The number of aliphatic hydroxyl groups excluding tert-OH is 1. The molecule has 5 nitrogen and oxygen atoms in total. The Hall–Kier alpha value is -1.59. The molecule has 2 atom stereocenters. The molecule has 0 aliphatic carbocycles. The molecule has 120 valence electrons. The first-order valence-corrected chi connectivity index (χ1v) is 7.89. The van der Waals surface area contributed by atoms with Crippen LogP contribution in [0.4, 0.5) is 0 Å². The maximum Gasteiger partial charge on any atom is 0.219 e. The molecule has 1 N–H and O–H groups in total. The van der Waals surface area contributed by atoms with E-state index in [1.165, 1.54) is 0 Å². The lowest BCUT2D eigenvalue weighted by atomic mass is 9.93. The molecular weight excluding hydrogens is 280 g/mol. The number of hydrogen-bond donors (Lipinski definition) is 1. The van der Waals surface area contributed by atoms with Gasteiger partial charge in [0.1, 0.15) is 18.5 Å². The van der Waals surface area contributed by atoms with Crippen LogP contribution >= 0.6 is 0 Å². The summed E-state index contributed by atoms with van der Waals surface area (Å²) in [5.74, 6) is 0.952. The van der Waals surface area contributed by atoms with Gasteiger partial charge in [0.25, 0.3) is 0 Å². The molecule has 0 aromatic heterocycles. The molecular formula is C17H24N2O3. The van der Waals surface area contributed by atoms with Crippen LogP contribution in [0.3, 0.4) is 0 Å². The Morgan fingerprint density at radius 2 is 1.91 bits per heavy atom. The van der Waals surface area contributed by atoms with Gasteiger partial charge in [-0.25, -0.2) is 0 Å². The topological polar surface area (TPSA) is 53.0 Å². The Labute approximate surface area is 131 Å². The SMILES string of the molecule is CC(=O)N1CCN(C2COc3c(C)cc(C)cc3C2O)CC1. The average Bonchev–Trinajstić information content (AvgIpc) is 2.48. The van der Waals surface area contributed by atoms with Crippen molar-refractivity contribution in [2.24, 2.45) is 0 Å². The highest BCUT2D eigenvalue weighted by Gasteiger charge is 2.36. The molecule has 2 heterocycles. The number of hydrogen-bond acceptors (Lipinski definition) is 4. The Balaban J connectivity index is 1.76. The number of piperazine rings is 1. The van der Waals surface area contributed by atoms with Gasteiger partial charge in [-0.05, 0) is 25.5 Å². The quantitative estimate of drug-likeness (QED) is 0.849. The summed E-state index contributed by atoms with van der Waals surface area (Å²) in [4.78, 5) is 15.5. The monoisotopic (exact) mass is 304 g/mol. The van der Waals surface area contributed by atoms with Crippen LogP contribution in [0, 0.1) is 13.8 Å². The van der Waals surface area contributed by atoms with Crippen LogP contribution < -0.4 is 4.74 Å². The molecule has 22 heavy (non-hydrogen) atoms. The number of amides is 1. The van der Waals surface area contributed by atoms with E-state index >= 15 is 0 Å². The van der Waals surface area contributed by atoms with Crippen LogP contribution in [-0.4, -0.2) is 59.6 Å². The molecule has 1 aromatic rings. The smallest absolute Gasteiger partial charge is 0.219 e. The fourth-order valence-electron chi connectivity index (χ4n) is 3.54. The van der Waals surface area contributed by atoms with Crippen molar-refractivity contribution in [3.05, 3.63) is 28.8 Å². The predicted octanol–water partition coefficient (Wildman–Crippen LogP) is 1.26. The lowest BCUT2D eigenvalue weighted by molar-refractivity contribution is -0.131. The zero-order chi connectivity index (χ0) is 15.9. The van der Waals surface area contributed by atoms with Gasteiger partial charge in [-0.3, -0.25) is 9.69 Å². The summed E-state index contributed by atoms with van der Waals surface area (Å²) in [6.45, 7) is 9.17. The number of nitrogens with zero attached hydrogens (tertiary/aromatic N) is 2. The summed E-state index contributed by atoms with van der Waals surface area (Å²) >= 11 is 0. The lowest BCUT2D eigenvalue weighted by Crippen LogP contribution is -2.55. The molecule has 1 amide bonds. The van der Waals surface area contributed by atoms with Gasteiger partial charge >= 0.3 is 0 Å². The van der Waals surface area contributed by atoms with E-state index in [0.717, 1.165) is 48.6 Å². The first-order valence-electron chi connectivity index (χ1n) is 7.89. The van der Waals surface area contributed by atoms with Gasteiger partial charge in [0, 0.05) is 38.7 Å². The van der Waals surface area contributed by atoms with Crippen molar-refractivity contribution in [2.45, 2.75) is 32.9 Å². The van der Waals surface area contributed by atoms with Crippen molar-refractivity contribution < 1.29 is 14.6 Å². The number of ether oxygens (including phenoxy) is 1. The van der Waals surface area contributed by atoms with Gasteiger partial charge in [0.15, 0.2) is 0 Å². The number of aryl methyl sites for hydroxylation is 2. The zero-order valence-electron chi connectivity index (χ0n) is 13.5. The van der Waals surface area contributed by atoms with Crippen molar-refractivity contribution in [3.63, 3.8) is 0 Å². The van der Waals surface area contributed by atoms with Crippen molar-refractivity contribution in [2.75, 3.05) is 32.8 Å². The molecule has 2 aliphatic rings. The van der Waals surface area contributed by atoms with Crippen LogP contribution in [0.1, 0.15) is 29.7 Å². The number of aliphatic hydroxyl groups is 1. The summed E-state index contributed by atoms with van der Waals surface area (Å²) in [6, 6.07) is 4.06. The van der Waals surface area contributed by atoms with Gasteiger partial charge in [-0.1, -0.05) is 11.6 Å². The van der Waals surface area contributed by atoms with Crippen molar-refractivity contribution in [1.82, 2.24) is 9.80 Å². The van der Waals surface area contributed by atoms with E-state index in [2.05, 4.69) is 11.0 Å². The summed E-state index contributed by atoms with van der Waals surface area (Å²) in [6.07, 6.45) is -0.536. The van der Waals surface area contributed by atoms with E-state index in [-0.39, 0.29) is 11.9 Å². The van der Waals surface area contributed by atoms with Crippen LogP contribution in [0.5, 0.6) is 5.75 Å². The third-order valence-electron chi connectivity index (χ3n) is 4.76. The van der Waals surface area contributed by atoms with Crippen LogP contribution in [0.15, 0.2) is 12.1 Å². The molecule has 2 unspecified atom stereocenters. The van der Waals surface area contributed by atoms with E-state index in [1.54, 1.807) is 6.92 Å². The van der Waals surface area contributed by atoms with Crippen LogP contribution in [0.25, 0.3) is 0 Å². The second kappa shape index (κ2) is 5.89. The molecule has 0 saturated carbocycles. The van der Waals surface area contributed by atoms with Gasteiger partial charge in [-0.15, -0.1) is 0 Å². The maximum absolute atomic E-state index is 11.4. The minimum Gasteiger partial charge on any atom is -0.491 e. The summed E-state index contributed by atoms with van der Waals surface area (Å²) in [5.41, 5.74) is 3.11. The summed E-state index contributed by atoms with van der Waals surface area (Å²) in [5, 5.41) is 10.8. The molecule has 2 aliphatic heterocycles. The lowest BCUT2D eigenvalue weighted by Gasteiger charge is -2.43. The Bertz CT molecular complexity index is 580. The molecule has 1 aromatic carbocycles. The normalized spacial score (nSPS) is 25.5. The molecule has 1 saturated heterocycles. The first kappa shape index (κ1) is 15.3. The van der Waals surface area contributed by atoms with Crippen molar-refractivity contribution in [3.8, 4) is 5.75 Å². The number of fused-ring (bicyclic) bond motifs is 1. The fraction of sp³-hybridized carbons (Fsp3) is 0.588. The first-order chi connectivity index (χ1) is 10.5. The minimum atomic E-state index is -0.536. The number of carbonyl (C=O) groups is 1. The van der Waals surface area contributed by atoms with E-state index in [9.17, 15) is 9.90 Å². The predicted molar refractivity (Wildman–Crippen MR) is 84.0 cm³/mol. The Kier molecular flexibility index (Phi) is 4.10. The van der Waals surface area contributed by atoms with Crippen LogP contribution in [0.2, 0.25) is 0 Å². The third-order valence-corrected chi connectivity index (χ3v) is 4.76. The number of carbonyl (C=O) groups excluding carboxylic acids is 1. The Morgan fingerprint density at radius 3 is 2.55 bits per heavy atom. The summed E-state index contributed by atoms with van der Waals surface area (Å²) < 4.78 is 5.94. The zero-order valence-corrected chi connectivity index (χ0v) is 13.5. The molecule has 1 fully saturated rings. The Morgan fingerprint density at radius 1 is 1.23 bits per heavy atom. The van der Waals surface area contributed by atoms with Crippen molar-refractivity contribution in [1.29, 1.82) is 0 Å². The molecule has 0 radical (unpaired) electrons. The average molecular weight is 304 g/mol. The molecule has 3 rings (SSSR count). The number of benzene rings is 1. The standard InChI is InChI=1S/C17H24N2O3/c1-11-8-12(2)17-14(9-11)16(21)15(10-22-17)19-6-4-18(5-7-19)13(3)20/h8-9,15-16,21H,4-7,10H2,1-3H3. The van der Waals surface area contributed by atoms with E-state index in [4.69, 9.17) is 4.74 Å². The van der Waals surface area contributed by atoms with E-state index < -0.39 is 6.10 Å². The molecule has 0 spiro atoms. The minimum absolute atomic E-state index is 0.0391. The number of rotatable bonds is 1.